The fourth-order valence-corrected chi connectivity index (χ4v) is 3.09. The molecule has 9 nitrogen and oxygen atoms in total. The van der Waals surface area contributed by atoms with Crippen molar-refractivity contribution in [3.05, 3.63) is 58.4 Å². The first-order valence-corrected chi connectivity index (χ1v) is 9.88. The van der Waals surface area contributed by atoms with Crippen LogP contribution in [-0.4, -0.2) is 37.6 Å². The van der Waals surface area contributed by atoms with Crippen molar-refractivity contribution < 1.29 is 4.74 Å². The Labute approximate surface area is 177 Å². The Morgan fingerprint density at radius 1 is 1.03 bits per heavy atom. The number of nitrogens with zero attached hydrogens (tertiary/aromatic N) is 6. The predicted octanol–water partition coefficient (Wildman–Crippen LogP) is 1.92. The van der Waals surface area contributed by atoms with Crippen molar-refractivity contribution in [3.8, 4) is 5.75 Å². The predicted molar refractivity (Wildman–Crippen MR) is 116 cm³/mol. The minimum atomic E-state index is 0.525. The van der Waals surface area contributed by atoms with Crippen molar-refractivity contribution in [2.45, 2.75) is 40.4 Å². The summed E-state index contributed by atoms with van der Waals surface area (Å²) >= 11 is 0. The van der Waals surface area contributed by atoms with Gasteiger partial charge in [-0.3, -0.25) is 4.68 Å². The maximum atomic E-state index is 5.22. The van der Waals surface area contributed by atoms with Crippen molar-refractivity contribution in [2.75, 3.05) is 7.11 Å². The molecule has 0 spiro atoms. The average Bonchev–Trinajstić information content (AvgIpc) is 3.19. The minimum Gasteiger partial charge on any atom is -0.497 e. The normalized spacial score (nSPS) is 11.6. The van der Waals surface area contributed by atoms with Crippen LogP contribution in [0.25, 0.3) is 0 Å². The zero-order valence-electron chi connectivity index (χ0n) is 18.5. The highest BCUT2D eigenvalue weighted by Gasteiger charge is 2.11. The topological polar surface area (TPSA) is 94.2 Å². The molecule has 0 radical (unpaired) electrons. The molecule has 9 heteroatoms. The van der Waals surface area contributed by atoms with E-state index in [1.807, 2.05) is 61.5 Å². The second-order valence-electron chi connectivity index (χ2n) is 7.22. The number of benzene rings is 1. The molecule has 0 saturated heterocycles. The van der Waals surface area contributed by atoms with Crippen LogP contribution in [0, 0.1) is 20.8 Å². The molecule has 2 N–H and O–H groups in total. The average molecular weight is 411 g/mol. The maximum absolute atomic E-state index is 5.22. The van der Waals surface area contributed by atoms with E-state index in [0.29, 0.717) is 25.6 Å². The summed E-state index contributed by atoms with van der Waals surface area (Å²) in [5.41, 5.74) is 4.42. The van der Waals surface area contributed by atoms with E-state index in [2.05, 4.69) is 32.9 Å². The van der Waals surface area contributed by atoms with Gasteiger partial charge in [-0.1, -0.05) is 12.1 Å². The van der Waals surface area contributed by atoms with Gasteiger partial charge in [0, 0.05) is 31.9 Å². The number of aryl methyl sites for hydroxylation is 3. The molecule has 30 heavy (non-hydrogen) atoms. The summed E-state index contributed by atoms with van der Waals surface area (Å²) in [5, 5.41) is 19.6. The molecule has 160 valence electrons. The summed E-state index contributed by atoms with van der Waals surface area (Å²) in [7, 11) is 5.57. The highest BCUT2D eigenvalue weighted by molar-refractivity contribution is 5.79. The summed E-state index contributed by atoms with van der Waals surface area (Å²) in [6, 6.07) is 7.91. The van der Waals surface area contributed by atoms with Gasteiger partial charge in [-0.05, 0) is 38.5 Å². The van der Waals surface area contributed by atoms with Gasteiger partial charge in [0.05, 0.1) is 25.9 Å². The van der Waals surface area contributed by atoms with Crippen LogP contribution in [0.4, 0.5) is 0 Å². The summed E-state index contributed by atoms with van der Waals surface area (Å²) < 4.78 is 9.08. The number of aliphatic imine (C=N–C) groups is 1. The van der Waals surface area contributed by atoms with E-state index >= 15 is 0 Å². The van der Waals surface area contributed by atoms with Crippen molar-refractivity contribution >= 4 is 5.96 Å². The first-order valence-electron chi connectivity index (χ1n) is 9.88. The Morgan fingerprint density at radius 2 is 1.73 bits per heavy atom. The van der Waals surface area contributed by atoms with Crippen LogP contribution in [0.2, 0.25) is 0 Å². The highest BCUT2D eigenvalue weighted by Crippen LogP contribution is 2.13. The number of methoxy groups -OCH3 is 1. The van der Waals surface area contributed by atoms with Crippen LogP contribution in [0.1, 0.15) is 34.2 Å². The van der Waals surface area contributed by atoms with Crippen LogP contribution in [0.3, 0.4) is 0 Å². The molecule has 0 aliphatic rings. The number of hydrogen-bond donors (Lipinski definition) is 2. The summed E-state index contributed by atoms with van der Waals surface area (Å²) in [6.45, 7) is 7.73. The molecule has 0 saturated carbocycles. The van der Waals surface area contributed by atoms with E-state index in [1.165, 1.54) is 5.56 Å². The quantitative estimate of drug-likeness (QED) is 0.457. The van der Waals surface area contributed by atoms with Gasteiger partial charge in [0.25, 0.3) is 0 Å². The number of nitrogens with one attached hydrogen (secondary N) is 2. The number of rotatable bonds is 7. The molecule has 0 aliphatic carbocycles. The Hall–Kier alpha value is -3.36. The van der Waals surface area contributed by atoms with Gasteiger partial charge in [-0.25, -0.2) is 4.99 Å². The van der Waals surface area contributed by atoms with Gasteiger partial charge < -0.3 is 19.9 Å². The van der Waals surface area contributed by atoms with E-state index in [9.17, 15) is 0 Å². The number of guanidine groups is 1. The van der Waals surface area contributed by atoms with Crippen LogP contribution < -0.4 is 15.4 Å². The van der Waals surface area contributed by atoms with Gasteiger partial charge in [0.1, 0.15) is 11.6 Å². The minimum absolute atomic E-state index is 0.525. The van der Waals surface area contributed by atoms with Gasteiger partial charge in [0.2, 0.25) is 0 Å². The molecule has 0 fully saturated rings. The van der Waals surface area contributed by atoms with Crippen molar-refractivity contribution in [1.29, 1.82) is 0 Å². The van der Waals surface area contributed by atoms with E-state index in [-0.39, 0.29) is 0 Å². The Kier molecular flexibility index (Phi) is 6.71. The zero-order valence-corrected chi connectivity index (χ0v) is 18.5. The molecule has 0 unspecified atom stereocenters. The maximum Gasteiger partial charge on any atom is 0.192 e. The Balaban J connectivity index is 1.73. The van der Waals surface area contributed by atoms with Crippen molar-refractivity contribution in [1.82, 2.24) is 35.2 Å². The first-order chi connectivity index (χ1) is 14.4. The highest BCUT2D eigenvalue weighted by atomic mass is 16.5. The molecule has 1 aromatic carbocycles. The van der Waals surface area contributed by atoms with E-state index < -0.39 is 0 Å². The fraction of sp³-hybridized carbons (Fsp3) is 0.429. The molecule has 0 aliphatic heterocycles. The summed E-state index contributed by atoms with van der Waals surface area (Å²) in [5.74, 6) is 3.26. The monoisotopic (exact) mass is 410 g/mol. The molecular formula is C21H30N8O. The van der Waals surface area contributed by atoms with Crippen LogP contribution >= 0.6 is 0 Å². The lowest BCUT2D eigenvalue weighted by molar-refractivity contribution is 0.414. The van der Waals surface area contributed by atoms with Gasteiger partial charge >= 0.3 is 0 Å². The molecule has 0 atom stereocenters. The second kappa shape index (κ2) is 9.43. The third-order valence-corrected chi connectivity index (χ3v) is 5.27. The molecule has 0 bridgehead atoms. The lowest BCUT2D eigenvalue weighted by Gasteiger charge is -2.13. The van der Waals surface area contributed by atoms with Crippen LogP contribution in [0.15, 0.2) is 29.3 Å². The molecule has 2 aromatic heterocycles. The molecule has 0 amide bonds. The van der Waals surface area contributed by atoms with Gasteiger partial charge in [-0.2, -0.15) is 5.10 Å². The zero-order chi connectivity index (χ0) is 21.7. The van der Waals surface area contributed by atoms with Gasteiger partial charge in [0.15, 0.2) is 11.8 Å². The SMILES string of the molecule is COc1ccc(CN=C(NCc2c(C)nn(C)c2C)NCc2nnc(C)n2C)cc1. The smallest absolute Gasteiger partial charge is 0.192 e. The lowest BCUT2D eigenvalue weighted by atomic mass is 10.2. The fourth-order valence-electron chi connectivity index (χ4n) is 3.09. The molecular weight excluding hydrogens is 380 g/mol. The second-order valence-corrected chi connectivity index (χ2v) is 7.22. The summed E-state index contributed by atoms with van der Waals surface area (Å²) in [6.07, 6.45) is 0. The third-order valence-electron chi connectivity index (χ3n) is 5.27. The van der Waals surface area contributed by atoms with Crippen molar-refractivity contribution in [2.24, 2.45) is 19.1 Å². The summed E-state index contributed by atoms with van der Waals surface area (Å²) in [4.78, 5) is 4.75. The van der Waals surface area contributed by atoms with Gasteiger partial charge in [-0.15, -0.1) is 10.2 Å². The van der Waals surface area contributed by atoms with Crippen molar-refractivity contribution in [3.63, 3.8) is 0 Å². The third kappa shape index (κ3) is 4.97. The van der Waals surface area contributed by atoms with Crippen LogP contribution in [0.5, 0.6) is 5.75 Å². The molecule has 3 rings (SSSR count). The number of hydrogen-bond acceptors (Lipinski definition) is 5. The molecule has 3 aromatic rings. The van der Waals surface area contributed by atoms with E-state index in [0.717, 1.165) is 34.3 Å². The van der Waals surface area contributed by atoms with Crippen LogP contribution in [-0.2, 0) is 33.7 Å². The standard InChI is InChI=1S/C21H30N8O/c1-14-19(15(2)29(5)27-14)12-23-21(24-13-20-26-25-16(3)28(20)4)22-11-17-7-9-18(30-6)10-8-17/h7-10H,11-13H2,1-6H3,(H2,22,23,24). The number of aromatic nitrogens is 5. The largest absolute Gasteiger partial charge is 0.497 e. The number of ether oxygens (including phenoxy) is 1. The Bertz CT molecular complexity index is 1020. The lowest BCUT2D eigenvalue weighted by Crippen LogP contribution is -2.37. The van der Waals surface area contributed by atoms with E-state index in [1.54, 1.807) is 7.11 Å². The first kappa shape index (κ1) is 21.4. The van der Waals surface area contributed by atoms with E-state index in [4.69, 9.17) is 9.73 Å². The molecule has 2 heterocycles. The Morgan fingerprint density at radius 3 is 2.30 bits per heavy atom.